The number of amides is 3. The first-order valence-electron chi connectivity index (χ1n) is 8.79. The summed E-state index contributed by atoms with van der Waals surface area (Å²) in [4.78, 5) is 39.6. The summed E-state index contributed by atoms with van der Waals surface area (Å²) in [5.74, 6) is 0.127. The van der Waals surface area contributed by atoms with Gasteiger partial charge in [-0.05, 0) is 18.2 Å². The van der Waals surface area contributed by atoms with Crippen molar-refractivity contribution in [2.24, 2.45) is 0 Å². The number of rotatable bonds is 2. The summed E-state index contributed by atoms with van der Waals surface area (Å²) in [6, 6.07) is 13.3. The zero-order chi connectivity index (χ0) is 19.3. The monoisotopic (exact) mass is 377 g/mol. The Balaban J connectivity index is 1.54. The third-order valence-electron chi connectivity index (χ3n) is 5.16. The molecule has 1 aromatic heterocycles. The van der Waals surface area contributed by atoms with Gasteiger partial charge in [0.1, 0.15) is 17.9 Å². The van der Waals surface area contributed by atoms with Gasteiger partial charge in [-0.1, -0.05) is 35.5 Å². The molecule has 9 nitrogen and oxygen atoms in total. The van der Waals surface area contributed by atoms with Gasteiger partial charge in [-0.2, -0.15) is 4.68 Å². The van der Waals surface area contributed by atoms with E-state index in [1.54, 1.807) is 48.5 Å². The number of ether oxygens (including phenoxy) is 1. The number of urea groups is 1. The first-order valence-corrected chi connectivity index (χ1v) is 8.79. The van der Waals surface area contributed by atoms with Crippen LogP contribution in [0.25, 0.3) is 10.9 Å². The molecule has 0 radical (unpaired) electrons. The highest BCUT2D eigenvalue weighted by molar-refractivity contribution is 6.07. The smallest absolute Gasteiger partial charge is 0.326 e. The second-order valence-corrected chi connectivity index (χ2v) is 6.72. The fraction of sp³-hybridized carbons (Fsp3) is 0.211. The predicted octanol–water partition coefficient (Wildman–Crippen LogP) is 0.979. The lowest BCUT2D eigenvalue weighted by molar-refractivity contribution is -0.134. The number of imide groups is 1. The second-order valence-electron chi connectivity index (χ2n) is 6.72. The van der Waals surface area contributed by atoms with Crippen molar-refractivity contribution >= 4 is 22.8 Å². The number of aromatic nitrogens is 3. The van der Waals surface area contributed by atoms with Crippen molar-refractivity contribution in [3.63, 3.8) is 0 Å². The van der Waals surface area contributed by atoms with Crippen LogP contribution < -0.4 is 15.6 Å². The highest BCUT2D eigenvalue weighted by Gasteiger charge is 2.55. The van der Waals surface area contributed by atoms with Crippen LogP contribution in [0.5, 0.6) is 5.75 Å². The largest absolute Gasteiger partial charge is 0.493 e. The average Bonchev–Trinajstić information content (AvgIpc) is 2.95. The second kappa shape index (κ2) is 5.88. The summed E-state index contributed by atoms with van der Waals surface area (Å²) < 4.78 is 6.63. The van der Waals surface area contributed by atoms with Gasteiger partial charge in [-0.25, -0.2) is 9.69 Å². The van der Waals surface area contributed by atoms with E-state index in [9.17, 15) is 14.4 Å². The molecule has 1 atom stereocenters. The van der Waals surface area contributed by atoms with E-state index in [1.165, 1.54) is 0 Å². The molecule has 1 fully saturated rings. The Hall–Kier alpha value is -3.75. The van der Waals surface area contributed by atoms with Gasteiger partial charge in [0, 0.05) is 12.0 Å². The number of hydrogen-bond donors (Lipinski definition) is 1. The number of para-hydroxylation sites is 1. The maximum Gasteiger partial charge on any atom is 0.326 e. The molecule has 3 heterocycles. The van der Waals surface area contributed by atoms with Gasteiger partial charge in [0.2, 0.25) is 0 Å². The van der Waals surface area contributed by atoms with Crippen molar-refractivity contribution in [3.8, 4) is 5.75 Å². The van der Waals surface area contributed by atoms with Gasteiger partial charge in [-0.15, -0.1) is 5.10 Å². The van der Waals surface area contributed by atoms with Gasteiger partial charge in [0.25, 0.3) is 11.5 Å². The van der Waals surface area contributed by atoms with Gasteiger partial charge < -0.3 is 10.1 Å². The van der Waals surface area contributed by atoms with Crippen LogP contribution in [0, 0.1) is 0 Å². The Morgan fingerprint density at radius 1 is 1.07 bits per heavy atom. The molecule has 1 N–H and O–H groups in total. The maximum absolute atomic E-state index is 13.3. The predicted molar refractivity (Wildman–Crippen MR) is 97.4 cm³/mol. The molecule has 5 rings (SSSR count). The van der Waals surface area contributed by atoms with Gasteiger partial charge in [-0.3, -0.25) is 9.59 Å². The first kappa shape index (κ1) is 16.4. The molecule has 28 heavy (non-hydrogen) atoms. The minimum absolute atomic E-state index is 0.298. The summed E-state index contributed by atoms with van der Waals surface area (Å²) in [6.07, 6.45) is 0.309. The fourth-order valence-electron chi connectivity index (χ4n) is 3.75. The lowest BCUT2D eigenvalue weighted by atomic mass is 9.84. The van der Waals surface area contributed by atoms with E-state index in [0.29, 0.717) is 35.2 Å². The number of hydrogen-bond acceptors (Lipinski definition) is 6. The Morgan fingerprint density at radius 2 is 1.86 bits per heavy atom. The van der Waals surface area contributed by atoms with E-state index in [2.05, 4.69) is 15.6 Å². The summed E-state index contributed by atoms with van der Waals surface area (Å²) >= 11 is 0. The zero-order valence-corrected chi connectivity index (χ0v) is 14.7. The summed E-state index contributed by atoms with van der Waals surface area (Å²) in [7, 11) is 0. The average molecular weight is 377 g/mol. The molecule has 0 bridgehead atoms. The van der Waals surface area contributed by atoms with E-state index >= 15 is 0 Å². The minimum atomic E-state index is -1.19. The lowest BCUT2D eigenvalue weighted by Crippen LogP contribution is -2.47. The van der Waals surface area contributed by atoms with Crippen LogP contribution in [0.3, 0.4) is 0 Å². The molecule has 140 valence electrons. The molecule has 1 spiro atoms. The van der Waals surface area contributed by atoms with Crippen molar-refractivity contribution < 1.29 is 14.3 Å². The van der Waals surface area contributed by atoms with Crippen molar-refractivity contribution in [3.05, 3.63) is 64.4 Å². The van der Waals surface area contributed by atoms with Crippen LogP contribution in [-0.2, 0) is 17.0 Å². The van der Waals surface area contributed by atoms with Crippen molar-refractivity contribution in [1.29, 1.82) is 0 Å². The van der Waals surface area contributed by atoms with Crippen molar-refractivity contribution in [2.75, 3.05) is 6.61 Å². The van der Waals surface area contributed by atoms with E-state index in [0.717, 1.165) is 9.58 Å². The highest BCUT2D eigenvalue weighted by atomic mass is 16.5. The van der Waals surface area contributed by atoms with Crippen molar-refractivity contribution in [1.82, 2.24) is 25.2 Å². The number of carbonyl (C=O) groups is 2. The van der Waals surface area contributed by atoms with Gasteiger partial charge in [0.05, 0.1) is 12.0 Å². The Labute approximate surface area is 158 Å². The molecule has 2 aromatic carbocycles. The normalized spacial score (nSPS) is 20.9. The van der Waals surface area contributed by atoms with Crippen molar-refractivity contribution in [2.45, 2.75) is 18.6 Å². The maximum atomic E-state index is 13.3. The van der Waals surface area contributed by atoms with E-state index in [4.69, 9.17) is 4.74 Å². The van der Waals surface area contributed by atoms with Crippen LogP contribution in [0.1, 0.15) is 12.0 Å². The molecule has 2 aliphatic heterocycles. The fourth-order valence-corrected chi connectivity index (χ4v) is 3.75. The van der Waals surface area contributed by atoms with Crippen LogP contribution in [0.4, 0.5) is 4.79 Å². The molecule has 3 aromatic rings. The quantitative estimate of drug-likeness (QED) is 0.667. The number of carbonyl (C=O) groups excluding carboxylic acids is 2. The topological polar surface area (TPSA) is 106 Å². The van der Waals surface area contributed by atoms with Crippen LogP contribution in [0.2, 0.25) is 0 Å². The Morgan fingerprint density at radius 3 is 2.75 bits per heavy atom. The number of nitrogens with zero attached hydrogens (tertiary/aromatic N) is 4. The van der Waals surface area contributed by atoms with E-state index < -0.39 is 23.0 Å². The highest BCUT2D eigenvalue weighted by Crippen LogP contribution is 2.40. The summed E-state index contributed by atoms with van der Waals surface area (Å²) in [5, 5.41) is 11.0. The number of benzene rings is 2. The molecule has 1 saturated heterocycles. The molecule has 1 unspecified atom stereocenters. The standard InChI is InChI=1S/C19H15N5O4/c25-16-12-5-1-3-7-14(12)21-22-24(16)11-23-17(26)19(20-18(23)27)9-10-28-15-8-4-2-6-13(15)19/h1-8H,9-11H2,(H,20,27). The third kappa shape index (κ3) is 2.22. The number of nitrogens with one attached hydrogen (secondary N) is 1. The zero-order valence-electron chi connectivity index (χ0n) is 14.7. The molecular formula is C19H15N5O4. The van der Waals surface area contributed by atoms with Gasteiger partial charge >= 0.3 is 6.03 Å². The van der Waals surface area contributed by atoms with Crippen LogP contribution >= 0.6 is 0 Å². The molecule has 9 heteroatoms. The molecule has 0 saturated carbocycles. The van der Waals surface area contributed by atoms with Crippen LogP contribution in [0.15, 0.2) is 53.3 Å². The summed E-state index contributed by atoms with van der Waals surface area (Å²) in [5.41, 5.74) is -0.547. The lowest BCUT2D eigenvalue weighted by Gasteiger charge is -2.33. The van der Waals surface area contributed by atoms with E-state index in [-0.39, 0.29) is 6.67 Å². The van der Waals surface area contributed by atoms with Crippen LogP contribution in [-0.4, -0.2) is 38.4 Å². The Bertz CT molecular complexity index is 1190. The summed E-state index contributed by atoms with van der Waals surface area (Å²) in [6.45, 7) is -0.0152. The third-order valence-corrected chi connectivity index (χ3v) is 5.16. The minimum Gasteiger partial charge on any atom is -0.493 e. The van der Waals surface area contributed by atoms with E-state index in [1.807, 2.05) is 0 Å². The Kier molecular flexibility index (Phi) is 3.45. The molecule has 0 aliphatic carbocycles. The van der Waals surface area contributed by atoms with Gasteiger partial charge in [0.15, 0.2) is 5.54 Å². The SMILES string of the molecule is O=C1NC2(CCOc3ccccc32)C(=O)N1Cn1nnc2ccccc2c1=O. The molecule has 3 amide bonds. The molecule has 2 aliphatic rings. The molecular weight excluding hydrogens is 362 g/mol. The number of fused-ring (bicyclic) bond motifs is 3. The first-order chi connectivity index (χ1) is 13.6.